The molecule has 2 aromatic rings. The van der Waals surface area contributed by atoms with Gasteiger partial charge in [-0.25, -0.2) is 4.98 Å². The molecule has 20 heavy (non-hydrogen) atoms. The second-order valence-electron chi connectivity index (χ2n) is 4.72. The van der Waals surface area contributed by atoms with E-state index >= 15 is 0 Å². The minimum Gasteiger partial charge on any atom is -0.360 e. The summed E-state index contributed by atoms with van der Waals surface area (Å²) in [7, 11) is 0. The maximum absolute atomic E-state index is 12.6. The van der Waals surface area contributed by atoms with Crippen LogP contribution in [0.3, 0.4) is 0 Å². The van der Waals surface area contributed by atoms with Crippen molar-refractivity contribution in [2.45, 2.75) is 24.3 Å². The molecule has 1 atom stereocenters. The molecule has 1 unspecified atom stereocenters. The van der Waals surface area contributed by atoms with E-state index < -0.39 is 11.7 Å². The zero-order valence-corrected chi connectivity index (χ0v) is 12.2. The number of rotatable bonds is 3. The molecule has 1 aliphatic rings. The van der Waals surface area contributed by atoms with Gasteiger partial charge in [-0.05, 0) is 36.8 Å². The van der Waals surface area contributed by atoms with Crippen LogP contribution in [0.25, 0.3) is 10.2 Å². The number of anilines is 1. The largest absolute Gasteiger partial charge is 0.416 e. The fourth-order valence-electron chi connectivity index (χ4n) is 2.19. The van der Waals surface area contributed by atoms with Crippen LogP contribution in [-0.4, -0.2) is 22.5 Å². The van der Waals surface area contributed by atoms with Crippen molar-refractivity contribution in [1.82, 2.24) is 4.98 Å². The molecule has 7 heteroatoms. The minimum atomic E-state index is -4.31. The van der Waals surface area contributed by atoms with Gasteiger partial charge in [0.1, 0.15) is 0 Å². The molecule has 1 saturated heterocycles. The molecule has 1 N–H and O–H groups in total. The lowest BCUT2D eigenvalue weighted by atomic mass is 10.2. The first-order chi connectivity index (χ1) is 9.52. The molecule has 0 radical (unpaired) electrons. The van der Waals surface area contributed by atoms with E-state index in [0.717, 1.165) is 23.4 Å². The molecule has 0 spiro atoms. The Morgan fingerprint density at radius 1 is 1.35 bits per heavy atom. The van der Waals surface area contributed by atoms with Crippen molar-refractivity contribution in [2.75, 3.05) is 17.6 Å². The molecule has 1 aromatic carbocycles. The SMILES string of the molecule is FC(F)(F)c1ccc2sc(NCC3CCCS3)nc2c1. The topological polar surface area (TPSA) is 24.9 Å². The standard InChI is InChI=1S/C13H13F3N2S2/c14-13(15,16)8-3-4-11-10(6-8)18-12(20-11)17-7-9-2-1-5-19-9/h3-4,6,9H,1-2,5,7H2,(H,17,18). The summed E-state index contributed by atoms with van der Waals surface area (Å²) in [5, 5.41) is 4.53. The Morgan fingerprint density at radius 2 is 2.20 bits per heavy atom. The van der Waals surface area contributed by atoms with Gasteiger partial charge < -0.3 is 5.32 Å². The number of hydrogen-bond donors (Lipinski definition) is 1. The lowest BCUT2D eigenvalue weighted by Crippen LogP contribution is -2.13. The van der Waals surface area contributed by atoms with Crippen LogP contribution in [0, 0.1) is 0 Å². The molecule has 0 aliphatic carbocycles. The summed E-state index contributed by atoms with van der Waals surface area (Å²) in [4.78, 5) is 4.25. The zero-order chi connectivity index (χ0) is 14.2. The Labute approximate surface area is 122 Å². The monoisotopic (exact) mass is 318 g/mol. The van der Waals surface area contributed by atoms with E-state index in [-0.39, 0.29) is 0 Å². The van der Waals surface area contributed by atoms with Crippen molar-refractivity contribution in [1.29, 1.82) is 0 Å². The number of nitrogens with zero attached hydrogens (tertiary/aromatic N) is 1. The van der Waals surface area contributed by atoms with Gasteiger partial charge in [0.15, 0.2) is 5.13 Å². The van der Waals surface area contributed by atoms with Crippen molar-refractivity contribution in [3.63, 3.8) is 0 Å². The van der Waals surface area contributed by atoms with Crippen LogP contribution in [0.2, 0.25) is 0 Å². The van der Waals surface area contributed by atoms with Crippen molar-refractivity contribution in [3.8, 4) is 0 Å². The smallest absolute Gasteiger partial charge is 0.360 e. The lowest BCUT2D eigenvalue weighted by Gasteiger charge is -2.08. The summed E-state index contributed by atoms with van der Waals surface area (Å²) in [5.41, 5.74) is -0.236. The van der Waals surface area contributed by atoms with Gasteiger partial charge in [0.05, 0.1) is 15.8 Å². The molecule has 0 bridgehead atoms. The Balaban J connectivity index is 1.76. The summed E-state index contributed by atoms with van der Waals surface area (Å²) >= 11 is 3.34. The lowest BCUT2D eigenvalue weighted by molar-refractivity contribution is -0.137. The third-order valence-electron chi connectivity index (χ3n) is 3.22. The quantitative estimate of drug-likeness (QED) is 0.893. The number of hydrogen-bond acceptors (Lipinski definition) is 4. The third-order valence-corrected chi connectivity index (χ3v) is 5.61. The first kappa shape index (κ1) is 14.0. The minimum absolute atomic E-state index is 0.409. The average molecular weight is 318 g/mol. The van der Waals surface area contributed by atoms with Crippen molar-refractivity contribution < 1.29 is 13.2 Å². The molecule has 1 aromatic heterocycles. The Kier molecular flexibility index (Phi) is 3.81. The molecular weight excluding hydrogens is 305 g/mol. The van der Waals surface area contributed by atoms with E-state index in [1.54, 1.807) is 0 Å². The van der Waals surface area contributed by atoms with Crippen LogP contribution in [0.5, 0.6) is 0 Å². The molecule has 3 rings (SSSR count). The summed E-state index contributed by atoms with van der Waals surface area (Å²) < 4.78 is 38.7. The van der Waals surface area contributed by atoms with Gasteiger partial charge in [-0.15, -0.1) is 0 Å². The molecule has 2 nitrogen and oxygen atoms in total. The highest BCUT2D eigenvalue weighted by Crippen LogP contribution is 2.34. The van der Waals surface area contributed by atoms with Crippen LogP contribution < -0.4 is 5.32 Å². The number of aromatic nitrogens is 1. The van der Waals surface area contributed by atoms with Gasteiger partial charge in [0.25, 0.3) is 0 Å². The predicted octanol–water partition coefficient (Wildman–Crippen LogP) is 4.62. The highest BCUT2D eigenvalue weighted by Gasteiger charge is 2.30. The highest BCUT2D eigenvalue weighted by molar-refractivity contribution is 8.00. The molecule has 108 valence electrons. The third kappa shape index (κ3) is 3.03. The summed E-state index contributed by atoms with van der Waals surface area (Å²) in [6.45, 7) is 0.830. The van der Waals surface area contributed by atoms with Gasteiger partial charge in [-0.2, -0.15) is 24.9 Å². The number of thioether (sulfide) groups is 1. The van der Waals surface area contributed by atoms with Crippen LogP contribution in [-0.2, 0) is 6.18 Å². The van der Waals surface area contributed by atoms with Gasteiger partial charge in [-0.1, -0.05) is 11.3 Å². The number of benzene rings is 1. The van der Waals surface area contributed by atoms with E-state index in [1.165, 1.54) is 36.0 Å². The van der Waals surface area contributed by atoms with E-state index in [1.807, 2.05) is 11.8 Å². The Morgan fingerprint density at radius 3 is 2.90 bits per heavy atom. The number of fused-ring (bicyclic) bond motifs is 1. The van der Waals surface area contributed by atoms with Gasteiger partial charge >= 0.3 is 6.18 Å². The van der Waals surface area contributed by atoms with Crippen LogP contribution >= 0.6 is 23.1 Å². The summed E-state index contributed by atoms with van der Waals surface area (Å²) in [6.07, 6.45) is -1.88. The molecule has 2 heterocycles. The average Bonchev–Trinajstić information content (AvgIpc) is 3.03. The predicted molar refractivity (Wildman–Crippen MR) is 78.6 cm³/mol. The van der Waals surface area contributed by atoms with Crippen molar-refractivity contribution in [2.24, 2.45) is 0 Å². The number of halogens is 3. The highest BCUT2D eigenvalue weighted by atomic mass is 32.2. The number of alkyl halides is 3. The van der Waals surface area contributed by atoms with Crippen LogP contribution in [0.1, 0.15) is 18.4 Å². The van der Waals surface area contributed by atoms with Gasteiger partial charge in [-0.3, -0.25) is 0 Å². The van der Waals surface area contributed by atoms with Crippen molar-refractivity contribution in [3.05, 3.63) is 23.8 Å². The van der Waals surface area contributed by atoms with E-state index in [2.05, 4.69) is 10.3 Å². The van der Waals surface area contributed by atoms with Gasteiger partial charge in [0.2, 0.25) is 0 Å². The molecule has 0 saturated carbocycles. The summed E-state index contributed by atoms with van der Waals surface area (Å²) in [6, 6.07) is 3.71. The Bertz CT molecular complexity index is 603. The summed E-state index contributed by atoms with van der Waals surface area (Å²) in [5.74, 6) is 1.20. The normalized spacial score (nSPS) is 19.6. The van der Waals surface area contributed by atoms with Gasteiger partial charge in [0, 0.05) is 11.8 Å². The molecule has 0 amide bonds. The van der Waals surface area contributed by atoms with E-state index in [4.69, 9.17) is 0 Å². The second-order valence-corrected chi connectivity index (χ2v) is 7.15. The fraction of sp³-hybridized carbons (Fsp3) is 0.462. The first-order valence-electron chi connectivity index (χ1n) is 6.35. The maximum atomic E-state index is 12.6. The number of thiazole rings is 1. The van der Waals surface area contributed by atoms with E-state index in [0.29, 0.717) is 15.9 Å². The number of nitrogens with one attached hydrogen (secondary N) is 1. The van der Waals surface area contributed by atoms with Crippen LogP contribution in [0.4, 0.5) is 18.3 Å². The molecule has 1 aliphatic heterocycles. The Hall–Kier alpha value is -0.950. The maximum Gasteiger partial charge on any atom is 0.416 e. The van der Waals surface area contributed by atoms with E-state index in [9.17, 15) is 13.2 Å². The second kappa shape index (κ2) is 5.44. The molecular formula is C13H13F3N2S2. The zero-order valence-electron chi connectivity index (χ0n) is 10.5. The first-order valence-corrected chi connectivity index (χ1v) is 8.22. The van der Waals surface area contributed by atoms with Crippen LogP contribution in [0.15, 0.2) is 18.2 Å². The fourth-order valence-corrected chi connectivity index (χ4v) is 4.24. The molecule has 1 fully saturated rings. The van der Waals surface area contributed by atoms with Crippen molar-refractivity contribution >= 4 is 38.4 Å².